The maximum atomic E-state index is 12.0. The largest absolute Gasteiger partial charge is 0.447 e. The molecule has 8 heteroatoms. The van der Waals surface area contributed by atoms with Crippen molar-refractivity contribution in [1.82, 2.24) is 14.5 Å². The minimum atomic E-state index is -3.56. The average molecular weight is 315 g/mol. The van der Waals surface area contributed by atoms with E-state index in [9.17, 15) is 13.2 Å². The van der Waals surface area contributed by atoms with Crippen LogP contribution in [-0.4, -0.2) is 56.8 Å². The van der Waals surface area contributed by atoms with Crippen LogP contribution in [0.3, 0.4) is 0 Å². The highest BCUT2D eigenvalue weighted by molar-refractivity contribution is 7.88. The van der Waals surface area contributed by atoms with E-state index in [0.29, 0.717) is 18.8 Å². The first-order chi connectivity index (χ1) is 9.82. The first-order valence-corrected chi connectivity index (χ1v) is 8.29. The topological polar surface area (TPSA) is 82.9 Å². The molecule has 1 saturated heterocycles. The summed E-state index contributed by atoms with van der Waals surface area (Å²) in [5, 5.41) is 2.77. The smallest absolute Gasteiger partial charge is 0.275 e. The van der Waals surface area contributed by atoms with Crippen LogP contribution in [0.25, 0.3) is 0 Å². The van der Waals surface area contributed by atoms with Gasteiger partial charge in [0.2, 0.25) is 11.0 Å². The number of nitrogens with one attached hydrogen (secondary N) is 1. The maximum Gasteiger partial charge on any atom is 0.275 e. The first-order valence-electron chi connectivity index (χ1n) is 6.85. The van der Waals surface area contributed by atoms with Gasteiger partial charge in [-0.3, -0.25) is 9.69 Å². The molecule has 1 atom stereocenters. The molecule has 0 aliphatic carbocycles. The summed E-state index contributed by atoms with van der Waals surface area (Å²) in [5.41, 5.74) is 0. The van der Waals surface area contributed by atoms with Crippen molar-refractivity contribution in [3.05, 3.63) is 17.9 Å². The van der Waals surface area contributed by atoms with Crippen molar-refractivity contribution in [3.8, 4) is 0 Å². The molecule has 7 nitrogen and oxygen atoms in total. The molecule has 0 unspecified atom stereocenters. The monoisotopic (exact) mass is 315 g/mol. The van der Waals surface area contributed by atoms with E-state index in [-0.39, 0.29) is 17.0 Å². The van der Waals surface area contributed by atoms with Crippen LogP contribution in [0.1, 0.15) is 19.1 Å². The molecule has 1 aliphatic heterocycles. The van der Waals surface area contributed by atoms with Gasteiger partial charge in [-0.15, -0.1) is 0 Å². The summed E-state index contributed by atoms with van der Waals surface area (Å²) in [4.78, 5) is 13.8. The molecule has 1 aromatic rings. The van der Waals surface area contributed by atoms with Crippen molar-refractivity contribution >= 4 is 15.9 Å². The Morgan fingerprint density at radius 1 is 1.43 bits per heavy atom. The summed E-state index contributed by atoms with van der Waals surface area (Å²) in [7, 11) is -0.645. The van der Waals surface area contributed by atoms with Gasteiger partial charge in [0.05, 0.1) is 12.6 Å². The third-order valence-corrected chi connectivity index (χ3v) is 5.27. The second kappa shape index (κ2) is 6.17. The van der Waals surface area contributed by atoms with Gasteiger partial charge in [0, 0.05) is 27.2 Å². The number of carbonyl (C=O) groups is 1. The molecule has 118 valence electrons. The number of rotatable bonds is 4. The van der Waals surface area contributed by atoms with E-state index in [1.165, 1.54) is 20.2 Å². The van der Waals surface area contributed by atoms with E-state index in [0.717, 1.165) is 17.3 Å². The van der Waals surface area contributed by atoms with Crippen LogP contribution in [0.5, 0.6) is 0 Å². The summed E-state index contributed by atoms with van der Waals surface area (Å²) in [6.07, 6.45) is 0.861. The van der Waals surface area contributed by atoms with Gasteiger partial charge in [0.15, 0.2) is 0 Å². The third kappa shape index (κ3) is 3.45. The summed E-state index contributed by atoms with van der Waals surface area (Å²) in [6.45, 7) is 3.67. The average Bonchev–Trinajstić information content (AvgIpc) is 2.84. The lowest BCUT2D eigenvalue weighted by atomic mass is 10.2. The zero-order valence-electron chi connectivity index (χ0n) is 12.5. The molecule has 2 heterocycles. The van der Waals surface area contributed by atoms with Crippen LogP contribution in [0.4, 0.5) is 0 Å². The Kier molecular flexibility index (Phi) is 4.70. The first kappa shape index (κ1) is 16.0. The van der Waals surface area contributed by atoms with Crippen LogP contribution >= 0.6 is 0 Å². The van der Waals surface area contributed by atoms with Crippen LogP contribution < -0.4 is 5.32 Å². The summed E-state index contributed by atoms with van der Waals surface area (Å²) >= 11 is 0. The fourth-order valence-electron chi connectivity index (χ4n) is 2.18. The van der Waals surface area contributed by atoms with Gasteiger partial charge in [-0.25, -0.2) is 12.7 Å². The third-order valence-electron chi connectivity index (χ3n) is 3.58. The summed E-state index contributed by atoms with van der Waals surface area (Å²) in [6, 6.07) is 2.84. The second-order valence-corrected chi connectivity index (χ2v) is 7.38. The SMILES string of the molecule is C[C@H]1C(=O)NCCCN1Cc1ccc(S(=O)(=O)N(C)C)o1. The van der Waals surface area contributed by atoms with Crippen molar-refractivity contribution < 1.29 is 17.6 Å². The molecule has 0 aromatic carbocycles. The fourth-order valence-corrected chi connectivity index (χ4v) is 2.99. The molecule has 0 bridgehead atoms. The Labute approximate surface area is 124 Å². The van der Waals surface area contributed by atoms with Crippen molar-refractivity contribution in [3.63, 3.8) is 0 Å². The number of carbonyl (C=O) groups excluding carboxylic acids is 1. The number of sulfonamides is 1. The maximum absolute atomic E-state index is 12.0. The summed E-state index contributed by atoms with van der Waals surface area (Å²) < 4.78 is 30.5. The molecule has 0 radical (unpaired) electrons. The van der Waals surface area contributed by atoms with E-state index < -0.39 is 10.0 Å². The number of hydrogen-bond donors (Lipinski definition) is 1. The Balaban J connectivity index is 2.14. The Hall–Kier alpha value is -1.38. The van der Waals surface area contributed by atoms with Crippen molar-refractivity contribution in [2.24, 2.45) is 0 Å². The lowest BCUT2D eigenvalue weighted by Gasteiger charge is -2.23. The number of nitrogens with zero attached hydrogens (tertiary/aromatic N) is 2. The molecule has 0 spiro atoms. The van der Waals surface area contributed by atoms with Gasteiger partial charge in [-0.2, -0.15) is 0 Å². The van der Waals surface area contributed by atoms with Crippen molar-refractivity contribution in [2.45, 2.75) is 31.0 Å². The van der Waals surface area contributed by atoms with E-state index in [2.05, 4.69) is 5.32 Å². The lowest BCUT2D eigenvalue weighted by molar-refractivity contribution is -0.125. The quantitative estimate of drug-likeness (QED) is 0.860. The highest BCUT2D eigenvalue weighted by atomic mass is 32.2. The number of hydrogen-bond acceptors (Lipinski definition) is 5. The highest BCUT2D eigenvalue weighted by Crippen LogP contribution is 2.19. The molecule has 21 heavy (non-hydrogen) atoms. The van der Waals surface area contributed by atoms with Crippen molar-refractivity contribution in [1.29, 1.82) is 0 Å². The van der Waals surface area contributed by atoms with Gasteiger partial charge in [-0.05, 0) is 25.5 Å². The molecule has 2 rings (SSSR count). The minimum Gasteiger partial charge on any atom is -0.447 e. The zero-order valence-corrected chi connectivity index (χ0v) is 13.3. The molecule has 1 N–H and O–H groups in total. The molecular formula is C13H21N3O4S. The van der Waals surface area contributed by atoms with Gasteiger partial charge >= 0.3 is 0 Å². The Morgan fingerprint density at radius 2 is 2.14 bits per heavy atom. The molecule has 1 fully saturated rings. The predicted molar refractivity (Wildman–Crippen MR) is 77.1 cm³/mol. The minimum absolute atomic E-state index is 0.0137. The van der Waals surface area contributed by atoms with Gasteiger partial charge in [-0.1, -0.05) is 0 Å². The van der Waals surface area contributed by atoms with Crippen LogP contribution in [0, 0.1) is 0 Å². The van der Waals surface area contributed by atoms with E-state index in [1.54, 1.807) is 6.07 Å². The van der Waals surface area contributed by atoms with E-state index >= 15 is 0 Å². The number of furan rings is 1. The Morgan fingerprint density at radius 3 is 2.81 bits per heavy atom. The van der Waals surface area contributed by atoms with Gasteiger partial charge in [0.1, 0.15) is 5.76 Å². The van der Waals surface area contributed by atoms with Gasteiger partial charge < -0.3 is 9.73 Å². The fraction of sp³-hybridized carbons (Fsp3) is 0.615. The second-order valence-electron chi connectivity index (χ2n) is 5.30. The van der Waals surface area contributed by atoms with E-state index in [1.807, 2.05) is 11.8 Å². The predicted octanol–water partition coefficient (Wildman–Crippen LogP) is 0.240. The van der Waals surface area contributed by atoms with Crippen LogP contribution in [-0.2, 0) is 21.4 Å². The summed E-state index contributed by atoms with van der Waals surface area (Å²) in [5.74, 6) is 0.525. The Bertz CT molecular complexity index is 609. The van der Waals surface area contributed by atoms with E-state index in [4.69, 9.17) is 4.42 Å². The van der Waals surface area contributed by atoms with Crippen LogP contribution in [0.15, 0.2) is 21.6 Å². The lowest BCUT2D eigenvalue weighted by Crippen LogP contribution is -2.41. The van der Waals surface area contributed by atoms with Crippen molar-refractivity contribution in [2.75, 3.05) is 27.2 Å². The molecule has 1 amide bonds. The number of amides is 1. The standard InChI is InChI=1S/C13H21N3O4S/c1-10-13(17)14-7-4-8-16(10)9-11-5-6-12(20-11)21(18,19)15(2)3/h5-6,10H,4,7-9H2,1-3H3,(H,14,17)/t10-/m0/s1. The van der Waals surface area contributed by atoms with Gasteiger partial charge in [0.25, 0.3) is 10.0 Å². The molecule has 1 aliphatic rings. The molecular weight excluding hydrogens is 294 g/mol. The molecule has 1 aromatic heterocycles. The van der Waals surface area contributed by atoms with Crippen LogP contribution in [0.2, 0.25) is 0 Å². The zero-order chi connectivity index (χ0) is 15.6. The normalized spacial score (nSPS) is 21.3. The molecule has 0 saturated carbocycles. The highest BCUT2D eigenvalue weighted by Gasteiger charge is 2.26.